The highest BCUT2D eigenvalue weighted by molar-refractivity contribution is 5.88. The molecule has 0 bridgehead atoms. The lowest BCUT2D eigenvalue weighted by Gasteiger charge is -2.29. The summed E-state index contributed by atoms with van der Waals surface area (Å²) < 4.78 is 27.9. The molecular weight excluding hydrogens is 430 g/mol. The molecule has 34 heavy (non-hydrogen) atoms. The first-order chi connectivity index (χ1) is 16.4. The quantitative estimate of drug-likeness (QED) is 0.315. The predicted octanol–water partition coefficient (Wildman–Crippen LogP) is 8.72. The maximum atomic E-state index is 13.9. The summed E-state index contributed by atoms with van der Waals surface area (Å²) in [5.74, 6) is -1.65. The van der Waals surface area contributed by atoms with Crippen LogP contribution in [-0.4, -0.2) is 11.1 Å². The smallest absolute Gasteiger partial charge is 0.341 e. The zero-order valence-corrected chi connectivity index (χ0v) is 20.8. The van der Waals surface area contributed by atoms with Crippen molar-refractivity contribution in [2.45, 2.75) is 96.8 Å². The fourth-order valence-electron chi connectivity index (χ4n) is 5.48. The van der Waals surface area contributed by atoms with Crippen molar-refractivity contribution >= 4 is 5.97 Å². The maximum absolute atomic E-state index is 13.9. The molecule has 2 aromatic rings. The number of hydrogen-bond donors (Lipinski definition) is 1. The summed E-state index contributed by atoms with van der Waals surface area (Å²) in [6.07, 6.45) is 13.8. The molecule has 0 heterocycles. The minimum Gasteiger partial charge on any atom is -0.477 e. The Morgan fingerprint density at radius 3 is 2.21 bits per heavy atom. The van der Waals surface area contributed by atoms with E-state index in [4.69, 9.17) is 5.11 Å². The number of carboxylic acid groups (broad SMARTS) is 1. The molecule has 2 aromatic carbocycles. The minimum atomic E-state index is -1.56. The zero-order chi connectivity index (χ0) is 24.5. The van der Waals surface area contributed by atoms with Gasteiger partial charge < -0.3 is 5.11 Å². The minimum absolute atomic E-state index is 0.539. The molecule has 0 amide bonds. The zero-order valence-electron chi connectivity index (χ0n) is 20.8. The predicted molar refractivity (Wildman–Crippen MR) is 134 cm³/mol. The van der Waals surface area contributed by atoms with Crippen LogP contribution in [0.1, 0.15) is 111 Å². The van der Waals surface area contributed by atoms with Gasteiger partial charge in [0.25, 0.3) is 0 Å². The largest absolute Gasteiger partial charge is 0.477 e. The van der Waals surface area contributed by atoms with Gasteiger partial charge in [0.2, 0.25) is 0 Å². The van der Waals surface area contributed by atoms with Crippen LogP contribution >= 0.6 is 0 Å². The highest BCUT2D eigenvalue weighted by Crippen LogP contribution is 2.37. The molecule has 1 N–H and O–H groups in total. The summed E-state index contributed by atoms with van der Waals surface area (Å²) in [6.45, 7) is 4.62. The molecule has 1 saturated carbocycles. The van der Waals surface area contributed by atoms with E-state index in [1.165, 1.54) is 55.4 Å². The third-order valence-electron chi connectivity index (χ3n) is 7.59. The molecule has 0 radical (unpaired) electrons. The number of aromatic carboxylic acids is 1. The van der Waals surface area contributed by atoms with Crippen molar-refractivity contribution in [3.63, 3.8) is 0 Å². The average molecular weight is 471 g/mol. The maximum Gasteiger partial charge on any atom is 0.341 e. The van der Waals surface area contributed by atoms with Crippen molar-refractivity contribution in [1.29, 1.82) is 0 Å². The van der Waals surface area contributed by atoms with Crippen molar-refractivity contribution < 1.29 is 18.7 Å². The van der Waals surface area contributed by atoms with Crippen molar-refractivity contribution in [1.82, 2.24) is 0 Å². The summed E-state index contributed by atoms with van der Waals surface area (Å²) in [5, 5.41) is 8.91. The first-order valence-corrected chi connectivity index (χ1v) is 13.2. The summed E-state index contributed by atoms with van der Waals surface area (Å²) in [6, 6.07) is 11.6. The van der Waals surface area contributed by atoms with Gasteiger partial charge in [0.05, 0.1) is 0 Å². The highest BCUT2D eigenvalue weighted by atomic mass is 19.1. The Hall–Kier alpha value is -2.23. The Morgan fingerprint density at radius 1 is 0.971 bits per heavy atom. The third kappa shape index (κ3) is 7.65. The third-order valence-corrected chi connectivity index (χ3v) is 7.59. The lowest BCUT2D eigenvalue weighted by Crippen LogP contribution is -2.14. The van der Waals surface area contributed by atoms with E-state index in [0.29, 0.717) is 23.8 Å². The number of unbranched alkanes of at least 4 members (excludes halogenated alkanes) is 3. The van der Waals surface area contributed by atoms with Crippen LogP contribution in [0.25, 0.3) is 0 Å². The van der Waals surface area contributed by atoms with Crippen LogP contribution in [0.4, 0.5) is 8.78 Å². The molecule has 0 spiro atoms. The van der Waals surface area contributed by atoms with Crippen LogP contribution in [0.2, 0.25) is 0 Å². The lowest BCUT2D eigenvalue weighted by molar-refractivity contribution is 0.0686. The van der Waals surface area contributed by atoms with Crippen LogP contribution in [0.5, 0.6) is 0 Å². The lowest BCUT2D eigenvalue weighted by atomic mass is 9.76. The second-order valence-electron chi connectivity index (χ2n) is 10.4. The molecule has 0 saturated heterocycles. The first kappa shape index (κ1) is 26.4. The Labute approximate surface area is 203 Å². The molecule has 1 fully saturated rings. The van der Waals surface area contributed by atoms with Crippen LogP contribution < -0.4 is 0 Å². The summed E-state index contributed by atoms with van der Waals surface area (Å²) >= 11 is 0. The standard InChI is InChI=1S/C30H40F2O2/c1-3-4-5-6-7-21(2)18-23-12-16-26(17-13-23)25-14-10-22(11-15-25)8-9-24-19-27(31)29(30(33)34)28(32)20-24/h12-13,16-17,19-22,25H,3-11,14-15,18H2,1-2H3,(H,33,34)/t21-,22?,25?/m0/s1. The second kappa shape index (κ2) is 13.0. The number of benzene rings is 2. The van der Waals surface area contributed by atoms with Crippen LogP contribution in [0, 0.1) is 23.5 Å². The molecule has 1 aliphatic carbocycles. The van der Waals surface area contributed by atoms with Gasteiger partial charge in [-0.1, -0.05) is 70.2 Å². The van der Waals surface area contributed by atoms with Gasteiger partial charge in [-0.2, -0.15) is 0 Å². The van der Waals surface area contributed by atoms with Gasteiger partial charge in [0, 0.05) is 0 Å². The van der Waals surface area contributed by atoms with Crippen LogP contribution in [0.3, 0.4) is 0 Å². The molecule has 1 aliphatic rings. The number of rotatable bonds is 12. The van der Waals surface area contributed by atoms with Crippen LogP contribution in [-0.2, 0) is 12.8 Å². The van der Waals surface area contributed by atoms with Gasteiger partial charge in [-0.15, -0.1) is 0 Å². The van der Waals surface area contributed by atoms with E-state index in [1.807, 2.05) is 0 Å². The molecule has 186 valence electrons. The molecular formula is C30H40F2O2. The Bertz CT molecular complexity index is 891. The molecule has 3 rings (SSSR count). The molecule has 2 nitrogen and oxygen atoms in total. The van der Waals surface area contributed by atoms with Gasteiger partial charge in [-0.25, -0.2) is 13.6 Å². The molecule has 1 atom stereocenters. The number of carbonyl (C=O) groups is 1. The summed E-state index contributed by atoms with van der Waals surface area (Å²) in [5.41, 5.74) is 2.55. The van der Waals surface area contributed by atoms with Crippen molar-refractivity contribution in [2.75, 3.05) is 0 Å². The number of hydrogen-bond acceptors (Lipinski definition) is 1. The van der Waals surface area contributed by atoms with Crippen molar-refractivity contribution in [3.8, 4) is 0 Å². The first-order valence-electron chi connectivity index (χ1n) is 13.2. The van der Waals surface area contributed by atoms with E-state index >= 15 is 0 Å². The van der Waals surface area contributed by atoms with E-state index in [-0.39, 0.29) is 0 Å². The monoisotopic (exact) mass is 470 g/mol. The summed E-state index contributed by atoms with van der Waals surface area (Å²) in [4.78, 5) is 11.0. The molecule has 0 aliphatic heterocycles. The van der Waals surface area contributed by atoms with E-state index in [1.54, 1.807) is 0 Å². The molecule has 0 aromatic heterocycles. The van der Waals surface area contributed by atoms with Crippen LogP contribution in [0.15, 0.2) is 36.4 Å². The van der Waals surface area contributed by atoms with E-state index in [2.05, 4.69) is 38.1 Å². The second-order valence-corrected chi connectivity index (χ2v) is 10.4. The van der Waals surface area contributed by atoms with E-state index in [0.717, 1.165) is 44.4 Å². The Kier molecular flexibility index (Phi) is 10.1. The Morgan fingerprint density at radius 2 is 1.62 bits per heavy atom. The van der Waals surface area contributed by atoms with Crippen molar-refractivity contribution in [3.05, 3.63) is 70.3 Å². The van der Waals surface area contributed by atoms with E-state index in [9.17, 15) is 13.6 Å². The number of aryl methyl sites for hydroxylation is 1. The number of halogens is 2. The molecule has 4 heteroatoms. The average Bonchev–Trinajstić information content (AvgIpc) is 2.81. The SMILES string of the molecule is CCCCCC[C@H](C)Cc1ccc(C2CCC(CCc3cc(F)c(C(=O)O)c(F)c3)CC2)cc1. The van der Waals surface area contributed by atoms with E-state index < -0.39 is 23.2 Å². The van der Waals surface area contributed by atoms with Gasteiger partial charge in [0.15, 0.2) is 0 Å². The Balaban J connectivity index is 1.43. The van der Waals surface area contributed by atoms with Gasteiger partial charge >= 0.3 is 5.97 Å². The highest BCUT2D eigenvalue weighted by Gasteiger charge is 2.23. The summed E-state index contributed by atoms with van der Waals surface area (Å²) in [7, 11) is 0. The molecule has 0 unspecified atom stereocenters. The fourth-order valence-corrected chi connectivity index (χ4v) is 5.48. The number of carboxylic acids is 1. The van der Waals surface area contributed by atoms with Gasteiger partial charge in [-0.05, 0) is 91.5 Å². The topological polar surface area (TPSA) is 37.3 Å². The van der Waals surface area contributed by atoms with Gasteiger partial charge in [-0.3, -0.25) is 0 Å². The van der Waals surface area contributed by atoms with Crippen molar-refractivity contribution in [2.24, 2.45) is 11.8 Å². The van der Waals surface area contributed by atoms with Gasteiger partial charge in [0.1, 0.15) is 17.2 Å². The fraction of sp³-hybridized carbons (Fsp3) is 0.567. The normalized spacial score (nSPS) is 19.2.